The van der Waals surface area contributed by atoms with Crippen molar-refractivity contribution in [1.82, 2.24) is 40.4 Å². The molecular formula is C48H58N10O7S. The standard InChI is InChI=1S/C48H58N10O7S/c1-27(2)44(48(63)58-24-34(59)18-39(58)47(62)51-29(4)31-10-12-32(13-11-31)45-30(5)50-26-66-45)41-20-42(54-65-41)64-25-43(61)56-15-14-37(28(3)22-56)55-16-17-57-33(23-55)21-49-46-38(57)19-36(52-53-46)35-8-6-7-9-40(35)60/h6-13,19-20,26-29,33-34,37,39,44,59-60H,14-18,21-25H2,1-5H3,(H,49,53)(H,51,62)/t28-,29+,33+,34-,37+,39+,44-/m1/s1. The number of phenolic OH excluding ortho intramolecular Hbond substituents is 1. The number of fused-ring (bicyclic) bond motifs is 3. The van der Waals surface area contributed by atoms with E-state index in [1.807, 2.05) is 80.6 Å². The van der Waals surface area contributed by atoms with Crippen molar-refractivity contribution in [3.05, 3.63) is 83.2 Å². The molecule has 4 aliphatic heterocycles. The normalized spacial score (nSPS) is 22.9. The van der Waals surface area contributed by atoms with Gasteiger partial charge in [-0.2, -0.15) is 0 Å². The lowest BCUT2D eigenvalue weighted by Crippen LogP contribution is -2.62. The van der Waals surface area contributed by atoms with Crippen LogP contribution in [0.5, 0.6) is 11.6 Å². The predicted octanol–water partition coefficient (Wildman–Crippen LogP) is 5.08. The number of aliphatic hydroxyl groups is 1. The van der Waals surface area contributed by atoms with Gasteiger partial charge in [0.1, 0.15) is 17.7 Å². The van der Waals surface area contributed by atoms with Crippen molar-refractivity contribution in [2.75, 3.05) is 62.6 Å². The highest BCUT2D eigenvalue weighted by molar-refractivity contribution is 7.13. The largest absolute Gasteiger partial charge is 0.507 e. The lowest BCUT2D eigenvalue weighted by molar-refractivity contribution is -0.141. The number of thiazole rings is 1. The smallest absolute Gasteiger partial charge is 0.260 e. The van der Waals surface area contributed by atoms with Gasteiger partial charge in [-0.25, -0.2) is 4.98 Å². The fraction of sp³-hybridized carbons (Fsp3) is 0.479. The first-order valence-electron chi connectivity index (χ1n) is 22.9. The number of aryl methyl sites for hydroxylation is 1. The van der Waals surface area contributed by atoms with Gasteiger partial charge in [-0.05, 0) is 66.6 Å². The van der Waals surface area contributed by atoms with Crippen LogP contribution in [0.15, 0.2) is 70.7 Å². The minimum absolute atomic E-state index is 0.0133. The minimum Gasteiger partial charge on any atom is -0.507 e. The molecule has 2 aromatic carbocycles. The number of piperazine rings is 1. The number of hydrogen-bond acceptors (Lipinski definition) is 15. The summed E-state index contributed by atoms with van der Waals surface area (Å²) < 4.78 is 11.5. The number of aliphatic hydroxyl groups excluding tert-OH is 1. The van der Waals surface area contributed by atoms with E-state index in [4.69, 9.17) is 9.26 Å². The van der Waals surface area contributed by atoms with E-state index < -0.39 is 18.1 Å². The molecule has 3 amide bonds. The first-order chi connectivity index (χ1) is 31.8. The summed E-state index contributed by atoms with van der Waals surface area (Å²) in [5.41, 5.74) is 7.03. The Morgan fingerprint density at radius 3 is 2.56 bits per heavy atom. The Morgan fingerprint density at radius 2 is 1.82 bits per heavy atom. The van der Waals surface area contributed by atoms with Crippen LogP contribution in [0, 0.1) is 18.8 Å². The summed E-state index contributed by atoms with van der Waals surface area (Å²) in [5.74, 6) is -0.383. The van der Waals surface area contributed by atoms with Crippen molar-refractivity contribution in [3.8, 4) is 33.3 Å². The number of piperidine rings is 1. The maximum atomic E-state index is 14.2. The number of benzene rings is 2. The highest BCUT2D eigenvalue weighted by atomic mass is 32.1. The van der Waals surface area contributed by atoms with Gasteiger partial charge in [0, 0.05) is 69.9 Å². The molecule has 3 saturated heterocycles. The molecule has 0 spiro atoms. The zero-order valence-electron chi connectivity index (χ0n) is 38.0. The zero-order valence-corrected chi connectivity index (χ0v) is 38.8. The van der Waals surface area contributed by atoms with Crippen LogP contribution in [0.3, 0.4) is 0 Å². The van der Waals surface area contributed by atoms with Crippen LogP contribution in [-0.4, -0.2) is 140 Å². The van der Waals surface area contributed by atoms with Crippen LogP contribution in [0.1, 0.15) is 69.5 Å². The number of nitrogens with zero attached hydrogens (tertiary/aromatic N) is 8. The highest BCUT2D eigenvalue weighted by Crippen LogP contribution is 2.38. The SMILES string of the molecule is Cc1ncsc1-c1ccc([C@H](C)NC(=O)[C@@H]2C[C@@H](O)CN2C(=O)[C@@H](c2cc(OCC(=O)N3CC[C@H](N4CCN5c6cc(-c7ccccc7O)nnc6NC[C@H]5C4)[C@H](C)C3)no2)C(C)C)cc1. The Morgan fingerprint density at radius 1 is 1.02 bits per heavy atom. The van der Waals surface area contributed by atoms with Crippen LogP contribution in [0.4, 0.5) is 11.5 Å². The van der Waals surface area contributed by atoms with E-state index in [-0.39, 0.29) is 78.6 Å². The number of aromatic hydroxyl groups is 1. The van der Waals surface area contributed by atoms with Crippen molar-refractivity contribution >= 4 is 40.6 Å². The molecule has 4 N–H and O–H groups in total. The van der Waals surface area contributed by atoms with E-state index in [2.05, 4.69) is 47.7 Å². The van der Waals surface area contributed by atoms with Gasteiger partial charge in [0.25, 0.3) is 11.8 Å². The molecule has 18 heteroatoms. The zero-order chi connectivity index (χ0) is 46.2. The molecule has 3 fully saturated rings. The molecule has 7 atom stereocenters. The van der Waals surface area contributed by atoms with E-state index in [0.717, 1.165) is 65.8 Å². The van der Waals surface area contributed by atoms with Gasteiger partial charge >= 0.3 is 0 Å². The molecule has 0 unspecified atom stereocenters. The maximum absolute atomic E-state index is 14.2. The number of amides is 3. The van der Waals surface area contributed by atoms with E-state index in [1.165, 1.54) is 4.90 Å². The lowest BCUT2D eigenvalue weighted by atomic mass is 9.90. The van der Waals surface area contributed by atoms with Crippen LogP contribution < -0.4 is 20.3 Å². The molecular weight excluding hydrogens is 861 g/mol. The van der Waals surface area contributed by atoms with Crippen molar-refractivity contribution in [2.45, 2.75) is 83.6 Å². The van der Waals surface area contributed by atoms with Gasteiger partial charge in [-0.1, -0.05) is 57.2 Å². The summed E-state index contributed by atoms with van der Waals surface area (Å²) >= 11 is 1.58. The third-order valence-electron chi connectivity index (χ3n) is 13.7. The first-order valence-corrected chi connectivity index (χ1v) is 23.8. The topological polar surface area (TPSA) is 203 Å². The van der Waals surface area contributed by atoms with Gasteiger partial charge in [0.15, 0.2) is 18.2 Å². The Kier molecular flexibility index (Phi) is 13.0. The monoisotopic (exact) mass is 918 g/mol. The molecule has 9 rings (SSSR count). The summed E-state index contributed by atoms with van der Waals surface area (Å²) in [7, 11) is 0. The fourth-order valence-corrected chi connectivity index (χ4v) is 11.0. The number of carbonyl (C=O) groups is 3. The average molecular weight is 919 g/mol. The van der Waals surface area contributed by atoms with Gasteiger partial charge in [-0.15, -0.1) is 21.5 Å². The summed E-state index contributed by atoms with van der Waals surface area (Å²) in [6.45, 7) is 14.1. The second-order valence-electron chi connectivity index (χ2n) is 18.5. The number of hydrogen-bond donors (Lipinski definition) is 4. The van der Waals surface area contributed by atoms with E-state index in [9.17, 15) is 24.6 Å². The van der Waals surface area contributed by atoms with E-state index in [0.29, 0.717) is 30.4 Å². The summed E-state index contributed by atoms with van der Waals surface area (Å²) in [4.78, 5) is 55.2. The molecule has 0 aliphatic carbocycles. The van der Waals surface area contributed by atoms with Crippen molar-refractivity contribution in [1.29, 1.82) is 0 Å². The average Bonchev–Trinajstić information content (AvgIpc) is 4.07. The van der Waals surface area contributed by atoms with Crippen LogP contribution in [0.2, 0.25) is 0 Å². The fourth-order valence-electron chi connectivity index (χ4n) is 10.2. The van der Waals surface area contributed by atoms with Gasteiger partial charge < -0.3 is 44.8 Å². The van der Waals surface area contributed by atoms with Gasteiger partial charge in [-0.3, -0.25) is 19.3 Å². The van der Waals surface area contributed by atoms with E-state index in [1.54, 1.807) is 29.5 Å². The molecule has 5 aromatic rings. The number of aromatic nitrogens is 4. The Hall–Kier alpha value is -6.11. The maximum Gasteiger partial charge on any atom is 0.260 e. The number of carbonyl (C=O) groups excluding carboxylic acids is 3. The molecule has 66 heavy (non-hydrogen) atoms. The second kappa shape index (κ2) is 19.0. The second-order valence-corrected chi connectivity index (χ2v) is 19.3. The predicted molar refractivity (Wildman–Crippen MR) is 249 cm³/mol. The number of phenols is 1. The number of para-hydroxylation sites is 1. The minimum atomic E-state index is -0.870. The Bertz CT molecular complexity index is 2550. The van der Waals surface area contributed by atoms with Crippen molar-refractivity contribution < 1.29 is 33.9 Å². The van der Waals surface area contributed by atoms with Gasteiger partial charge in [0.2, 0.25) is 11.8 Å². The number of nitrogens with one attached hydrogen (secondary N) is 2. The van der Waals surface area contributed by atoms with Gasteiger partial charge in [0.05, 0.1) is 45.7 Å². The van der Waals surface area contributed by atoms with Crippen molar-refractivity contribution in [2.24, 2.45) is 11.8 Å². The summed E-state index contributed by atoms with van der Waals surface area (Å²) in [6.07, 6.45) is 0.0929. The lowest BCUT2D eigenvalue weighted by Gasteiger charge is -2.50. The first kappa shape index (κ1) is 45.1. The molecule has 0 radical (unpaired) electrons. The molecule has 17 nitrogen and oxygen atoms in total. The number of β-amino-alcohol motifs (C(OH)–C–C–N with tert-alkyl or cyclic N) is 1. The molecule has 7 heterocycles. The number of likely N-dealkylation sites (tertiary alicyclic amines) is 2. The Labute approximate surface area is 388 Å². The molecule has 4 aliphatic rings. The third kappa shape index (κ3) is 9.18. The molecule has 3 aromatic heterocycles. The quantitative estimate of drug-likeness (QED) is 0.129. The van der Waals surface area contributed by atoms with Crippen molar-refractivity contribution in [3.63, 3.8) is 0 Å². The van der Waals surface area contributed by atoms with Crippen LogP contribution in [0.25, 0.3) is 21.7 Å². The third-order valence-corrected chi connectivity index (χ3v) is 14.7. The summed E-state index contributed by atoms with van der Waals surface area (Å²) in [5, 5.41) is 40.6. The highest BCUT2D eigenvalue weighted by Gasteiger charge is 2.44. The molecule has 0 saturated carbocycles. The number of ether oxygens (including phenoxy) is 1. The number of anilines is 2. The van der Waals surface area contributed by atoms with Crippen LogP contribution >= 0.6 is 11.3 Å². The van der Waals surface area contributed by atoms with E-state index >= 15 is 0 Å². The summed E-state index contributed by atoms with van der Waals surface area (Å²) in [6, 6.07) is 18.0. The molecule has 0 bridgehead atoms. The molecule has 348 valence electrons. The van der Waals surface area contributed by atoms with Crippen LogP contribution in [-0.2, 0) is 14.4 Å². The number of rotatable bonds is 12. The Balaban J connectivity index is 0.768.